The Kier molecular flexibility index (Phi) is 6.88. The molecule has 0 bridgehead atoms. The molecule has 0 N–H and O–H groups in total. The molecule has 0 unspecified atom stereocenters. The average molecular weight is 490 g/mol. The Morgan fingerprint density at radius 2 is 2.03 bits per heavy atom. The summed E-state index contributed by atoms with van der Waals surface area (Å²) in [5.41, 5.74) is 1.13. The number of amides is 1. The van der Waals surface area contributed by atoms with Gasteiger partial charge in [-0.2, -0.15) is 0 Å². The number of thioether (sulfide) groups is 1. The van der Waals surface area contributed by atoms with Crippen LogP contribution in [-0.2, 0) is 14.6 Å². The molecule has 4 rings (SSSR count). The van der Waals surface area contributed by atoms with Crippen LogP contribution in [-0.4, -0.2) is 58.5 Å². The van der Waals surface area contributed by atoms with Crippen LogP contribution in [0.1, 0.15) is 32.5 Å². The molecular weight excluding hydrogens is 462 g/mol. The first-order valence-corrected chi connectivity index (χ1v) is 14.4. The Balaban J connectivity index is 1.57. The third-order valence-electron chi connectivity index (χ3n) is 5.82. The van der Waals surface area contributed by atoms with Gasteiger partial charge in [0.25, 0.3) is 0 Å². The quantitative estimate of drug-likeness (QED) is 0.357. The third kappa shape index (κ3) is 5.00. The smallest absolute Gasteiger partial charge is 0.233 e. The van der Waals surface area contributed by atoms with Crippen LogP contribution in [0, 0.1) is 6.92 Å². The maximum absolute atomic E-state index is 13.2. The minimum absolute atomic E-state index is 0.000569. The molecule has 32 heavy (non-hydrogen) atoms. The number of benzene rings is 1. The molecule has 9 heteroatoms. The lowest BCUT2D eigenvalue weighted by atomic mass is 10.1. The second kappa shape index (κ2) is 9.49. The van der Waals surface area contributed by atoms with Crippen molar-refractivity contribution in [1.29, 1.82) is 0 Å². The Hall–Kier alpha value is -1.97. The van der Waals surface area contributed by atoms with Crippen molar-refractivity contribution in [2.75, 3.05) is 17.3 Å². The summed E-state index contributed by atoms with van der Waals surface area (Å²) in [6.07, 6.45) is 1.31. The third-order valence-corrected chi connectivity index (χ3v) is 9.62. The fourth-order valence-corrected chi connectivity index (χ4v) is 7.83. The molecule has 1 aromatic carbocycles. The van der Waals surface area contributed by atoms with Gasteiger partial charge in [0, 0.05) is 22.3 Å². The Bertz CT molecular complexity index is 1230. The number of carbonyl (C=O) groups excluding carboxylic acids is 1. The number of nitrogens with zero attached hydrogens (tertiary/aromatic N) is 3. The summed E-state index contributed by atoms with van der Waals surface area (Å²) in [5, 5.41) is 1.75. The van der Waals surface area contributed by atoms with E-state index in [4.69, 9.17) is 0 Å². The Labute approximate surface area is 197 Å². The van der Waals surface area contributed by atoms with E-state index in [9.17, 15) is 13.2 Å². The second-order valence-corrected chi connectivity index (χ2v) is 12.4. The number of hydrogen-bond donors (Lipinski definition) is 0. The molecule has 0 spiro atoms. The van der Waals surface area contributed by atoms with Gasteiger partial charge < -0.3 is 4.90 Å². The van der Waals surface area contributed by atoms with Gasteiger partial charge in [-0.05, 0) is 38.3 Å². The van der Waals surface area contributed by atoms with E-state index >= 15 is 0 Å². The molecule has 1 aliphatic heterocycles. The first kappa shape index (κ1) is 23.2. The van der Waals surface area contributed by atoms with E-state index in [2.05, 4.69) is 28.2 Å². The fraction of sp³-hybridized carbons (Fsp3) is 0.435. The van der Waals surface area contributed by atoms with Crippen molar-refractivity contribution in [2.45, 2.75) is 50.7 Å². The molecule has 170 valence electrons. The second-order valence-electron chi connectivity index (χ2n) is 8.18. The van der Waals surface area contributed by atoms with Gasteiger partial charge in [0.15, 0.2) is 9.84 Å². The average Bonchev–Trinajstić information content (AvgIpc) is 3.35. The molecular formula is C23H27N3O3S3. The van der Waals surface area contributed by atoms with E-state index < -0.39 is 9.84 Å². The molecule has 3 heterocycles. The van der Waals surface area contributed by atoms with Crippen LogP contribution in [0.5, 0.6) is 0 Å². The van der Waals surface area contributed by atoms with Crippen LogP contribution >= 0.6 is 23.1 Å². The lowest BCUT2D eigenvalue weighted by Gasteiger charge is -2.33. The number of fused-ring (bicyclic) bond motifs is 1. The highest BCUT2D eigenvalue weighted by Crippen LogP contribution is 2.37. The van der Waals surface area contributed by atoms with Crippen molar-refractivity contribution in [3.8, 4) is 10.4 Å². The lowest BCUT2D eigenvalue weighted by molar-refractivity contribution is -0.132. The summed E-state index contributed by atoms with van der Waals surface area (Å²) >= 11 is 3.03. The highest BCUT2D eigenvalue weighted by molar-refractivity contribution is 8.00. The molecule has 1 fully saturated rings. The first-order valence-electron chi connectivity index (χ1n) is 10.8. The molecule has 2 atom stereocenters. The predicted molar refractivity (Wildman–Crippen MR) is 132 cm³/mol. The number of thiophene rings is 1. The molecule has 0 radical (unpaired) electrons. The van der Waals surface area contributed by atoms with Gasteiger partial charge in [0.05, 0.1) is 17.3 Å². The number of sulfone groups is 1. The minimum atomic E-state index is -3.06. The van der Waals surface area contributed by atoms with Gasteiger partial charge in [-0.25, -0.2) is 18.4 Å². The predicted octanol–water partition coefficient (Wildman–Crippen LogP) is 4.57. The van der Waals surface area contributed by atoms with Gasteiger partial charge in [0.1, 0.15) is 15.7 Å². The molecule has 2 aromatic heterocycles. The van der Waals surface area contributed by atoms with Crippen molar-refractivity contribution >= 4 is 49.1 Å². The zero-order chi connectivity index (χ0) is 22.9. The van der Waals surface area contributed by atoms with E-state index in [0.717, 1.165) is 32.1 Å². The van der Waals surface area contributed by atoms with E-state index in [1.54, 1.807) is 16.2 Å². The molecule has 0 aliphatic carbocycles. The number of aryl methyl sites for hydroxylation is 1. The molecule has 1 aliphatic rings. The SMILES string of the molecule is CC[C@@H](C)N(C(=O)CSc1nc(C)nc2sc(-c3ccccc3)cc12)[C@@H]1CCS(=O)(=O)C1. The largest absolute Gasteiger partial charge is 0.335 e. The summed E-state index contributed by atoms with van der Waals surface area (Å²) in [6.45, 7) is 5.88. The summed E-state index contributed by atoms with van der Waals surface area (Å²) in [4.78, 5) is 26.3. The Morgan fingerprint density at radius 3 is 2.69 bits per heavy atom. The fourth-order valence-electron chi connectivity index (χ4n) is 4.06. The summed E-state index contributed by atoms with van der Waals surface area (Å²) in [7, 11) is -3.06. The van der Waals surface area contributed by atoms with Crippen LogP contribution in [0.25, 0.3) is 20.7 Å². The van der Waals surface area contributed by atoms with Crippen LogP contribution < -0.4 is 0 Å². The molecule has 6 nitrogen and oxygen atoms in total. The van der Waals surface area contributed by atoms with Crippen LogP contribution in [0.2, 0.25) is 0 Å². The number of aromatic nitrogens is 2. The Morgan fingerprint density at radius 1 is 1.28 bits per heavy atom. The topological polar surface area (TPSA) is 80.2 Å². The van der Waals surface area contributed by atoms with Gasteiger partial charge in [-0.15, -0.1) is 11.3 Å². The van der Waals surface area contributed by atoms with Crippen molar-refractivity contribution in [1.82, 2.24) is 14.9 Å². The number of hydrogen-bond acceptors (Lipinski definition) is 7. The highest BCUT2D eigenvalue weighted by atomic mass is 32.2. The van der Waals surface area contributed by atoms with Gasteiger partial charge >= 0.3 is 0 Å². The molecule has 1 saturated heterocycles. The number of rotatable bonds is 7. The van der Waals surface area contributed by atoms with Gasteiger partial charge in [-0.3, -0.25) is 4.79 Å². The van der Waals surface area contributed by atoms with Crippen molar-refractivity contribution in [3.05, 3.63) is 42.2 Å². The molecule has 0 saturated carbocycles. The monoisotopic (exact) mass is 489 g/mol. The first-order chi connectivity index (χ1) is 15.3. The van der Waals surface area contributed by atoms with Gasteiger partial charge in [0.2, 0.25) is 5.91 Å². The standard InChI is InChI=1S/C23H27N3O3S3/c1-4-15(2)26(18-10-11-32(28,29)14-18)21(27)13-30-22-19-12-20(17-8-6-5-7-9-17)31-23(19)25-16(3)24-22/h5-9,12,15,18H,4,10-11,13-14H2,1-3H3/t15-,18-/m1/s1. The maximum Gasteiger partial charge on any atom is 0.233 e. The maximum atomic E-state index is 13.2. The zero-order valence-corrected chi connectivity index (χ0v) is 20.9. The van der Waals surface area contributed by atoms with Crippen molar-refractivity contribution < 1.29 is 13.2 Å². The summed E-state index contributed by atoms with van der Waals surface area (Å²) in [5.74, 6) is 1.09. The van der Waals surface area contributed by atoms with Crippen LogP contribution in [0.4, 0.5) is 0 Å². The van der Waals surface area contributed by atoms with Crippen molar-refractivity contribution in [2.24, 2.45) is 0 Å². The van der Waals surface area contributed by atoms with E-state index in [-0.39, 0.29) is 35.2 Å². The number of carbonyl (C=O) groups is 1. The van der Waals surface area contributed by atoms with E-state index in [0.29, 0.717) is 12.2 Å². The molecule has 3 aromatic rings. The van der Waals surface area contributed by atoms with Gasteiger partial charge in [-0.1, -0.05) is 49.0 Å². The normalized spacial score (nSPS) is 18.7. The van der Waals surface area contributed by atoms with Crippen LogP contribution in [0.15, 0.2) is 41.4 Å². The van der Waals surface area contributed by atoms with E-state index in [1.807, 2.05) is 39.0 Å². The summed E-state index contributed by atoms with van der Waals surface area (Å²) < 4.78 is 24.0. The summed E-state index contributed by atoms with van der Waals surface area (Å²) in [6, 6.07) is 12.0. The highest BCUT2D eigenvalue weighted by Gasteiger charge is 2.36. The molecule has 1 amide bonds. The lowest BCUT2D eigenvalue weighted by Crippen LogP contribution is -2.47. The van der Waals surface area contributed by atoms with Crippen molar-refractivity contribution in [3.63, 3.8) is 0 Å². The zero-order valence-electron chi connectivity index (χ0n) is 18.4. The van der Waals surface area contributed by atoms with Crippen LogP contribution in [0.3, 0.4) is 0 Å². The van der Waals surface area contributed by atoms with E-state index in [1.165, 1.54) is 11.8 Å². The minimum Gasteiger partial charge on any atom is -0.335 e.